The lowest BCUT2D eigenvalue weighted by Gasteiger charge is -1.89. The molecule has 50 valence electrons. The molecule has 1 heterocycles. The van der Waals surface area contributed by atoms with Crippen LogP contribution in [-0.4, -0.2) is 15.8 Å². The molecule has 0 unspecified atom stereocenters. The van der Waals surface area contributed by atoms with Gasteiger partial charge in [0.05, 0.1) is 6.20 Å². The molecule has 0 radical (unpaired) electrons. The summed E-state index contributed by atoms with van der Waals surface area (Å²) in [4.78, 5) is 18.3. The molecule has 10 heavy (non-hydrogen) atoms. The number of hydrogen-bond donors (Lipinski definition) is 0. The van der Waals surface area contributed by atoms with Crippen LogP contribution in [0.2, 0.25) is 0 Å². The van der Waals surface area contributed by atoms with Gasteiger partial charge in [-0.3, -0.25) is 9.78 Å². The minimum absolute atomic E-state index is 0.201. The molecule has 0 amide bonds. The van der Waals surface area contributed by atoms with E-state index in [-0.39, 0.29) is 5.78 Å². The van der Waals surface area contributed by atoms with Gasteiger partial charge in [-0.15, -0.1) is 0 Å². The van der Waals surface area contributed by atoms with Crippen LogP contribution in [0.25, 0.3) is 0 Å². The van der Waals surface area contributed by atoms with Crippen LogP contribution < -0.4 is 0 Å². The van der Waals surface area contributed by atoms with Crippen LogP contribution in [0, 0.1) is 0 Å². The molecule has 0 spiro atoms. The molecule has 1 aromatic rings. The predicted octanol–water partition coefficient (Wildman–Crippen LogP) is 0.845. The summed E-state index contributed by atoms with van der Waals surface area (Å²) < 4.78 is 0. The maximum absolute atomic E-state index is 10.8. The lowest BCUT2D eigenvalue weighted by Crippen LogP contribution is -1.96. The number of allylic oxidation sites excluding steroid dienone is 1. The van der Waals surface area contributed by atoms with Crippen LogP contribution in [-0.2, 0) is 0 Å². The molecule has 0 bridgehead atoms. The zero-order valence-electron chi connectivity index (χ0n) is 5.32. The van der Waals surface area contributed by atoms with Gasteiger partial charge >= 0.3 is 0 Å². The molecule has 0 aromatic carbocycles. The third-order valence-corrected chi connectivity index (χ3v) is 1.00. The van der Waals surface area contributed by atoms with Crippen LogP contribution in [0.3, 0.4) is 0 Å². The molecule has 0 saturated heterocycles. The Bertz CT molecular complexity index is 243. The van der Waals surface area contributed by atoms with E-state index in [9.17, 15) is 4.79 Å². The van der Waals surface area contributed by atoms with Gasteiger partial charge in [-0.25, -0.2) is 4.98 Å². The summed E-state index contributed by atoms with van der Waals surface area (Å²) in [6, 6.07) is 0. The minimum atomic E-state index is -0.201. The summed E-state index contributed by atoms with van der Waals surface area (Å²) in [6.45, 7) is 3.32. The Labute approximate surface area is 58.4 Å². The second kappa shape index (κ2) is 2.87. The maximum atomic E-state index is 10.8. The van der Waals surface area contributed by atoms with Crippen molar-refractivity contribution in [2.24, 2.45) is 0 Å². The Balaban J connectivity index is 2.95. The lowest BCUT2D eigenvalue weighted by molar-refractivity contribution is 0.104. The Hall–Kier alpha value is -1.51. The van der Waals surface area contributed by atoms with E-state index in [0.29, 0.717) is 5.69 Å². The number of rotatable bonds is 2. The molecular formula is C7H6N2O. The van der Waals surface area contributed by atoms with Gasteiger partial charge in [0.2, 0.25) is 5.78 Å². The van der Waals surface area contributed by atoms with E-state index in [1.54, 1.807) is 0 Å². The number of aromatic nitrogens is 2. The van der Waals surface area contributed by atoms with Crippen molar-refractivity contribution in [2.45, 2.75) is 0 Å². The van der Waals surface area contributed by atoms with Gasteiger partial charge in [0.15, 0.2) is 0 Å². The van der Waals surface area contributed by atoms with Crippen molar-refractivity contribution >= 4 is 5.78 Å². The Kier molecular flexibility index (Phi) is 1.89. The van der Waals surface area contributed by atoms with Gasteiger partial charge in [0.25, 0.3) is 0 Å². The highest BCUT2D eigenvalue weighted by Crippen LogP contribution is 1.91. The fourth-order valence-corrected chi connectivity index (χ4v) is 0.531. The molecule has 0 fully saturated rings. The zero-order valence-corrected chi connectivity index (χ0v) is 5.32. The van der Waals surface area contributed by atoms with Crippen LogP contribution in [0.4, 0.5) is 0 Å². The summed E-state index contributed by atoms with van der Waals surface area (Å²) in [5.41, 5.74) is 0.331. The highest BCUT2D eigenvalue weighted by molar-refractivity contribution is 6.02. The third kappa shape index (κ3) is 1.25. The third-order valence-electron chi connectivity index (χ3n) is 1.00. The molecule has 0 aliphatic rings. The van der Waals surface area contributed by atoms with Gasteiger partial charge in [0, 0.05) is 12.4 Å². The standard InChI is InChI=1S/C7H6N2O/c1-2-7(10)6-5-8-3-4-9-6/h2-5H,1H2. The van der Waals surface area contributed by atoms with E-state index < -0.39 is 0 Å². The lowest BCUT2D eigenvalue weighted by atomic mass is 10.3. The zero-order chi connectivity index (χ0) is 7.40. The molecule has 1 aromatic heterocycles. The van der Waals surface area contributed by atoms with Crippen LogP contribution in [0.1, 0.15) is 10.5 Å². The molecule has 3 nitrogen and oxygen atoms in total. The largest absolute Gasteiger partial charge is 0.287 e. The second-order valence-electron chi connectivity index (χ2n) is 1.66. The van der Waals surface area contributed by atoms with Crippen molar-refractivity contribution < 1.29 is 4.79 Å². The first-order valence-electron chi connectivity index (χ1n) is 2.77. The van der Waals surface area contributed by atoms with Crippen molar-refractivity contribution in [1.82, 2.24) is 9.97 Å². The normalized spacial score (nSPS) is 8.80. The van der Waals surface area contributed by atoms with Crippen molar-refractivity contribution in [3.8, 4) is 0 Å². The van der Waals surface area contributed by atoms with E-state index >= 15 is 0 Å². The van der Waals surface area contributed by atoms with Crippen LogP contribution in [0.5, 0.6) is 0 Å². The number of ketones is 1. The summed E-state index contributed by atoms with van der Waals surface area (Å²) in [7, 11) is 0. The van der Waals surface area contributed by atoms with Crippen molar-refractivity contribution in [1.29, 1.82) is 0 Å². The molecule has 0 aliphatic heterocycles. The molecule has 0 atom stereocenters. The van der Waals surface area contributed by atoms with E-state index in [2.05, 4.69) is 16.5 Å². The average molecular weight is 134 g/mol. The monoisotopic (exact) mass is 134 g/mol. The number of nitrogens with zero attached hydrogens (tertiary/aromatic N) is 2. The summed E-state index contributed by atoms with van der Waals surface area (Å²) in [6.07, 6.45) is 5.60. The highest BCUT2D eigenvalue weighted by atomic mass is 16.1. The Morgan fingerprint density at radius 1 is 1.60 bits per heavy atom. The van der Waals surface area contributed by atoms with Crippen LogP contribution >= 0.6 is 0 Å². The maximum Gasteiger partial charge on any atom is 0.205 e. The number of carbonyl (C=O) groups excluding carboxylic acids is 1. The van der Waals surface area contributed by atoms with Crippen molar-refractivity contribution in [2.75, 3.05) is 0 Å². The van der Waals surface area contributed by atoms with E-state index in [0.717, 1.165) is 0 Å². The van der Waals surface area contributed by atoms with Crippen LogP contribution in [0.15, 0.2) is 31.2 Å². The van der Waals surface area contributed by atoms with Gasteiger partial charge in [0.1, 0.15) is 5.69 Å². The quantitative estimate of drug-likeness (QED) is 0.444. The van der Waals surface area contributed by atoms with E-state index in [4.69, 9.17) is 0 Å². The SMILES string of the molecule is C=CC(=O)c1cnccn1. The van der Waals surface area contributed by atoms with Gasteiger partial charge < -0.3 is 0 Å². The van der Waals surface area contributed by atoms with E-state index in [1.807, 2.05) is 0 Å². The van der Waals surface area contributed by atoms with Gasteiger partial charge in [-0.1, -0.05) is 6.58 Å². The molecule has 1 rings (SSSR count). The van der Waals surface area contributed by atoms with Gasteiger partial charge in [-0.05, 0) is 6.08 Å². The van der Waals surface area contributed by atoms with Crippen molar-refractivity contribution in [3.63, 3.8) is 0 Å². The molecule has 0 aliphatic carbocycles. The topological polar surface area (TPSA) is 42.9 Å². The summed E-state index contributed by atoms with van der Waals surface area (Å²) >= 11 is 0. The summed E-state index contributed by atoms with van der Waals surface area (Å²) in [5, 5.41) is 0. The molecular weight excluding hydrogens is 128 g/mol. The Morgan fingerprint density at radius 2 is 2.40 bits per heavy atom. The fraction of sp³-hybridized carbons (Fsp3) is 0. The smallest absolute Gasteiger partial charge is 0.205 e. The first kappa shape index (κ1) is 6.61. The molecule has 0 saturated carbocycles. The highest BCUT2D eigenvalue weighted by Gasteiger charge is 1.99. The molecule has 3 heteroatoms. The Morgan fingerprint density at radius 3 is 2.90 bits per heavy atom. The van der Waals surface area contributed by atoms with Crippen molar-refractivity contribution in [3.05, 3.63) is 36.9 Å². The van der Waals surface area contributed by atoms with Gasteiger partial charge in [-0.2, -0.15) is 0 Å². The fourth-order valence-electron chi connectivity index (χ4n) is 0.531. The predicted molar refractivity (Wildman–Crippen MR) is 36.6 cm³/mol. The second-order valence-corrected chi connectivity index (χ2v) is 1.66. The molecule has 0 N–H and O–H groups in total. The van der Waals surface area contributed by atoms with E-state index in [1.165, 1.54) is 24.7 Å². The minimum Gasteiger partial charge on any atom is -0.287 e. The number of carbonyl (C=O) groups is 1. The first-order chi connectivity index (χ1) is 4.84. The number of hydrogen-bond acceptors (Lipinski definition) is 3. The summed E-state index contributed by atoms with van der Waals surface area (Å²) in [5.74, 6) is -0.201. The first-order valence-corrected chi connectivity index (χ1v) is 2.77. The average Bonchev–Trinajstić information content (AvgIpc) is 2.05.